The molecule has 114 valence electrons. The summed E-state index contributed by atoms with van der Waals surface area (Å²) < 4.78 is 15.7. The van der Waals surface area contributed by atoms with Gasteiger partial charge in [0.2, 0.25) is 0 Å². The molecule has 0 unspecified atom stereocenters. The summed E-state index contributed by atoms with van der Waals surface area (Å²) >= 11 is 6.07. The minimum Gasteiger partial charge on any atom is -0.486 e. The molecule has 1 aliphatic rings. The smallest absolute Gasteiger partial charge is 0.306 e. The molecule has 5 nitrogen and oxygen atoms in total. The van der Waals surface area contributed by atoms with E-state index >= 15 is 0 Å². The van der Waals surface area contributed by atoms with Crippen LogP contribution in [0.15, 0.2) is 12.1 Å². The van der Waals surface area contributed by atoms with Crippen molar-refractivity contribution in [2.45, 2.75) is 26.2 Å². The molecule has 2 rings (SSSR count). The number of halogens is 1. The molecule has 0 amide bonds. The van der Waals surface area contributed by atoms with E-state index in [9.17, 15) is 9.59 Å². The molecule has 0 atom stereocenters. The summed E-state index contributed by atoms with van der Waals surface area (Å²) in [5, 5.41) is 0.337. The normalized spacial score (nSPS) is 12.9. The van der Waals surface area contributed by atoms with Crippen molar-refractivity contribution in [1.82, 2.24) is 0 Å². The van der Waals surface area contributed by atoms with Gasteiger partial charge in [-0.3, -0.25) is 9.59 Å². The first-order chi connectivity index (χ1) is 10.1. The van der Waals surface area contributed by atoms with E-state index in [1.165, 1.54) is 6.07 Å². The van der Waals surface area contributed by atoms with Gasteiger partial charge < -0.3 is 14.2 Å². The number of carbonyl (C=O) groups is 2. The maximum atomic E-state index is 12.1. The molecule has 1 heterocycles. The molecule has 0 radical (unpaired) electrons. The maximum Gasteiger partial charge on any atom is 0.306 e. The molecule has 1 aromatic carbocycles. The predicted octanol–water partition coefficient (Wildman–Crippen LogP) is 3.03. The summed E-state index contributed by atoms with van der Waals surface area (Å²) in [5.41, 5.74) is 0.410. The molecule has 21 heavy (non-hydrogen) atoms. The van der Waals surface area contributed by atoms with Crippen molar-refractivity contribution in [3.8, 4) is 11.5 Å². The lowest BCUT2D eigenvalue weighted by atomic mass is 10.1. The number of rotatable bonds is 6. The summed E-state index contributed by atoms with van der Waals surface area (Å²) in [5.74, 6) is 0.378. The molecule has 0 aromatic heterocycles. The van der Waals surface area contributed by atoms with E-state index in [-0.39, 0.29) is 24.6 Å². The lowest BCUT2D eigenvalue weighted by Gasteiger charge is -2.20. The summed E-state index contributed by atoms with van der Waals surface area (Å²) in [6.45, 7) is 3.14. The molecule has 1 aromatic rings. The minimum absolute atomic E-state index is 0.0604. The number of fused-ring (bicyclic) bond motifs is 1. The van der Waals surface area contributed by atoms with E-state index in [1.807, 2.05) is 6.92 Å². The van der Waals surface area contributed by atoms with Gasteiger partial charge in [-0.05, 0) is 18.6 Å². The van der Waals surface area contributed by atoms with Gasteiger partial charge in [0.05, 0.1) is 18.1 Å². The van der Waals surface area contributed by atoms with Gasteiger partial charge in [0.25, 0.3) is 0 Å². The molecule has 0 N–H and O–H groups in total. The van der Waals surface area contributed by atoms with Crippen molar-refractivity contribution in [3.05, 3.63) is 22.7 Å². The Morgan fingerprint density at radius 2 is 2.00 bits per heavy atom. The van der Waals surface area contributed by atoms with Crippen LogP contribution in [0.5, 0.6) is 11.5 Å². The Labute approximate surface area is 128 Å². The number of hydrogen-bond acceptors (Lipinski definition) is 5. The van der Waals surface area contributed by atoms with Gasteiger partial charge in [0, 0.05) is 12.0 Å². The number of carbonyl (C=O) groups excluding carboxylic acids is 2. The van der Waals surface area contributed by atoms with Crippen molar-refractivity contribution in [3.63, 3.8) is 0 Å². The number of hydrogen-bond donors (Lipinski definition) is 0. The van der Waals surface area contributed by atoms with Crippen LogP contribution in [-0.2, 0) is 9.53 Å². The van der Waals surface area contributed by atoms with Crippen LogP contribution >= 0.6 is 11.6 Å². The Balaban J connectivity index is 1.99. The van der Waals surface area contributed by atoms with Crippen molar-refractivity contribution < 1.29 is 23.8 Å². The molecule has 6 heteroatoms. The van der Waals surface area contributed by atoms with Crippen LogP contribution < -0.4 is 9.47 Å². The first kappa shape index (κ1) is 15.6. The zero-order valence-electron chi connectivity index (χ0n) is 11.8. The van der Waals surface area contributed by atoms with E-state index in [0.717, 1.165) is 6.42 Å². The van der Waals surface area contributed by atoms with Gasteiger partial charge in [-0.15, -0.1) is 0 Å². The topological polar surface area (TPSA) is 61.8 Å². The monoisotopic (exact) mass is 312 g/mol. The van der Waals surface area contributed by atoms with Crippen molar-refractivity contribution in [1.29, 1.82) is 0 Å². The average molecular weight is 313 g/mol. The van der Waals surface area contributed by atoms with E-state index in [1.54, 1.807) is 6.07 Å². The molecule has 0 aliphatic carbocycles. The largest absolute Gasteiger partial charge is 0.486 e. The highest BCUT2D eigenvalue weighted by Crippen LogP contribution is 2.38. The van der Waals surface area contributed by atoms with Crippen LogP contribution in [0.25, 0.3) is 0 Å². The van der Waals surface area contributed by atoms with Crippen molar-refractivity contribution in [2.24, 2.45) is 0 Å². The van der Waals surface area contributed by atoms with Crippen LogP contribution in [0.1, 0.15) is 36.5 Å². The predicted molar refractivity (Wildman–Crippen MR) is 77.3 cm³/mol. The van der Waals surface area contributed by atoms with Crippen LogP contribution in [0, 0.1) is 0 Å². The quantitative estimate of drug-likeness (QED) is 0.597. The van der Waals surface area contributed by atoms with Crippen molar-refractivity contribution in [2.75, 3.05) is 19.8 Å². The van der Waals surface area contributed by atoms with Gasteiger partial charge in [-0.25, -0.2) is 0 Å². The van der Waals surface area contributed by atoms with E-state index in [4.69, 9.17) is 25.8 Å². The van der Waals surface area contributed by atoms with Gasteiger partial charge in [-0.2, -0.15) is 0 Å². The second kappa shape index (κ2) is 7.31. The molecular formula is C15H17ClO5. The zero-order valence-corrected chi connectivity index (χ0v) is 12.6. The average Bonchev–Trinajstić information content (AvgIpc) is 2.50. The number of benzene rings is 1. The third-order valence-corrected chi connectivity index (χ3v) is 3.22. The Morgan fingerprint density at radius 3 is 2.76 bits per heavy atom. The molecule has 0 saturated heterocycles. The molecular weight excluding hydrogens is 296 g/mol. The highest BCUT2D eigenvalue weighted by molar-refractivity contribution is 6.32. The van der Waals surface area contributed by atoms with E-state index < -0.39 is 0 Å². The molecule has 0 saturated carbocycles. The standard InChI is InChI=1S/C15H17ClO5/c1-2-5-20-14(18)4-3-12(17)10-8-11(16)15-13(9-10)19-6-7-21-15/h8-9H,2-7H2,1H3. The first-order valence-electron chi connectivity index (χ1n) is 6.89. The van der Waals surface area contributed by atoms with Gasteiger partial charge in [0.15, 0.2) is 17.3 Å². The summed E-state index contributed by atoms with van der Waals surface area (Å²) in [6, 6.07) is 3.13. The van der Waals surface area contributed by atoms with E-state index in [2.05, 4.69) is 0 Å². The minimum atomic E-state index is -0.367. The fourth-order valence-corrected chi connectivity index (χ4v) is 2.19. The fourth-order valence-electron chi connectivity index (χ4n) is 1.92. The Bertz CT molecular complexity index is 541. The lowest BCUT2D eigenvalue weighted by molar-refractivity contribution is -0.143. The van der Waals surface area contributed by atoms with Gasteiger partial charge in [-0.1, -0.05) is 18.5 Å². The lowest BCUT2D eigenvalue weighted by Crippen LogP contribution is -2.16. The third kappa shape index (κ3) is 4.11. The highest BCUT2D eigenvalue weighted by atomic mass is 35.5. The second-order valence-corrected chi connectivity index (χ2v) is 5.03. The third-order valence-electron chi connectivity index (χ3n) is 2.94. The van der Waals surface area contributed by atoms with Gasteiger partial charge in [0.1, 0.15) is 13.2 Å². The van der Waals surface area contributed by atoms with Crippen LogP contribution in [0.4, 0.5) is 0 Å². The van der Waals surface area contributed by atoms with Crippen molar-refractivity contribution >= 4 is 23.4 Å². The van der Waals surface area contributed by atoms with Crippen LogP contribution in [0.2, 0.25) is 5.02 Å². The SMILES string of the molecule is CCCOC(=O)CCC(=O)c1cc(Cl)c2c(c1)OCCO2. The van der Waals surface area contributed by atoms with Crippen LogP contribution in [-0.4, -0.2) is 31.6 Å². The highest BCUT2D eigenvalue weighted by Gasteiger charge is 2.19. The summed E-state index contributed by atoms with van der Waals surface area (Å²) in [7, 11) is 0. The Morgan fingerprint density at radius 1 is 1.24 bits per heavy atom. The number of Topliss-reactive ketones (excluding diaryl/α,β-unsaturated/α-hetero) is 1. The van der Waals surface area contributed by atoms with Crippen LogP contribution in [0.3, 0.4) is 0 Å². The number of ketones is 1. The zero-order chi connectivity index (χ0) is 15.2. The molecule has 1 aliphatic heterocycles. The second-order valence-electron chi connectivity index (χ2n) is 4.63. The number of ether oxygens (including phenoxy) is 3. The number of esters is 1. The molecule has 0 bridgehead atoms. The molecule has 0 fully saturated rings. The van der Waals surface area contributed by atoms with E-state index in [0.29, 0.717) is 41.9 Å². The summed E-state index contributed by atoms with van der Waals surface area (Å²) in [4.78, 5) is 23.5. The Kier molecular flexibility index (Phi) is 5.44. The Hall–Kier alpha value is -1.75. The van der Waals surface area contributed by atoms with Gasteiger partial charge >= 0.3 is 5.97 Å². The molecule has 0 spiro atoms. The fraction of sp³-hybridized carbons (Fsp3) is 0.467. The summed E-state index contributed by atoms with van der Waals surface area (Å²) in [6.07, 6.45) is 0.904. The maximum absolute atomic E-state index is 12.1. The first-order valence-corrected chi connectivity index (χ1v) is 7.27.